The predicted octanol–water partition coefficient (Wildman–Crippen LogP) is 2.94. The van der Waals surface area contributed by atoms with Crippen LogP contribution in [0.3, 0.4) is 0 Å². The number of para-hydroxylation sites is 2. The molecule has 0 aliphatic heterocycles. The minimum absolute atomic E-state index is 0.0208. The first-order valence-corrected chi connectivity index (χ1v) is 5.95. The first-order chi connectivity index (χ1) is 9.70. The lowest BCUT2D eigenvalue weighted by molar-refractivity contribution is -0.384. The Balaban J connectivity index is 2.26. The maximum Gasteiger partial charge on any atom is 0.296 e. The number of ether oxygens (including phenoxy) is 1. The first-order valence-electron chi connectivity index (χ1n) is 5.95. The number of nitro benzene ring substituents is 1. The summed E-state index contributed by atoms with van der Waals surface area (Å²) in [6.45, 7) is 0. The molecule has 0 spiro atoms. The standard InChI is InChI=1S/C14H11N3O3/c1-20-10-6-7-13(14(8-10)17(18)19)16-9-15-11-4-2-3-5-12(11)16/h2-9H,1H3. The Kier molecular flexibility index (Phi) is 2.83. The fraction of sp³-hybridized carbons (Fsp3) is 0.0714. The predicted molar refractivity (Wildman–Crippen MR) is 74.3 cm³/mol. The summed E-state index contributed by atoms with van der Waals surface area (Å²) >= 11 is 0. The zero-order valence-corrected chi connectivity index (χ0v) is 10.7. The molecule has 0 aliphatic rings. The van der Waals surface area contributed by atoms with Crippen LogP contribution in [0.5, 0.6) is 5.75 Å². The number of benzene rings is 2. The van der Waals surface area contributed by atoms with Gasteiger partial charge in [0.2, 0.25) is 0 Å². The van der Waals surface area contributed by atoms with E-state index in [1.54, 1.807) is 23.0 Å². The normalized spacial score (nSPS) is 10.7. The summed E-state index contributed by atoms with van der Waals surface area (Å²) in [5.41, 5.74) is 2.05. The molecule has 0 aliphatic carbocycles. The minimum atomic E-state index is -0.424. The monoisotopic (exact) mass is 269 g/mol. The van der Waals surface area contributed by atoms with E-state index in [0.717, 1.165) is 11.0 Å². The van der Waals surface area contributed by atoms with E-state index >= 15 is 0 Å². The van der Waals surface area contributed by atoms with Crippen LogP contribution in [-0.2, 0) is 0 Å². The second-order valence-corrected chi connectivity index (χ2v) is 4.22. The van der Waals surface area contributed by atoms with Gasteiger partial charge in [-0.3, -0.25) is 14.7 Å². The maximum atomic E-state index is 11.2. The molecular weight excluding hydrogens is 258 g/mol. The van der Waals surface area contributed by atoms with Crippen LogP contribution in [0.4, 0.5) is 5.69 Å². The number of nitro groups is 1. The molecule has 6 heteroatoms. The molecule has 1 aromatic heterocycles. The second kappa shape index (κ2) is 4.65. The van der Waals surface area contributed by atoms with Crippen LogP contribution in [0.25, 0.3) is 16.7 Å². The van der Waals surface area contributed by atoms with Crippen molar-refractivity contribution in [3.63, 3.8) is 0 Å². The highest BCUT2D eigenvalue weighted by Crippen LogP contribution is 2.29. The molecule has 0 N–H and O–H groups in total. The van der Waals surface area contributed by atoms with Crippen LogP contribution in [0, 0.1) is 10.1 Å². The lowest BCUT2D eigenvalue weighted by Gasteiger charge is -2.07. The van der Waals surface area contributed by atoms with E-state index in [1.165, 1.54) is 13.2 Å². The summed E-state index contributed by atoms with van der Waals surface area (Å²) in [6.07, 6.45) is 1.58. The first kappa shape index (κ1) is 12.2. The molecule has 0 bridgehead atoms. The number of nitrogens with zero attached hydrogens (tertiary/aromatic N) is 3. The van der Waals surface area contributed by atoms with Crippen molar-refractivity contribution in [2.75, 3.05) is 7.11 Å². The number of hydrogen-bond donors (Lipinski definition) is 0. The largest absolute Gasteiger partial charge is 0.496 e. The van der Waals surface area contributed by atoms with E-state index in [-0.39, 0.29) is 5.69 Å². The van der Waals surface area contributed by atoms with Crippen molar-refractivity contribution in [1.29, 1.82) is 0 Å². The van der Waals surface area contributed by atoms with Crippen molar-refractivity contribution in [3.8, 4) is 11.4 Å². The Bertz CT molecular complexity index is 795. The Morgan fingerprint density at radius 3 is 2.80 bits per heavy atom. The average Bonchev–Trinajstić information content (AvgIpc) is 2.90. The number of aromatic nitrogens is 2. The zero-order valence-electron chi connectivity index (χ0n) is 10.7. The van der Waals surface area contributed by atoms with Crippen molar-refractivity contribution in [2.45, 2.75) is 0 Å². The van der Waals surface area contributed by atoms with Gasteiger partial charge in [-0.05, 0) is 24.3 Å². The Morgan fingerprint density at radius 1 is 1.25 bits per heavy atom. The molecule has 0 atom stereocenters. The van der Waals surface area contributed by atoms with Crippen LogP contribution < -0.4 is 4.74 Å². The van der Waals surface area contributed by atoms with Crippen LogP contribution in [-0.4, -0.2) is 21.6 Å². The summed E-state index contributed by atoms with van der Waals surface area (Å²) in [4.78, 5) is 15.1. The molecule has 0 fully saturated rings. The zero-order chi connectivity index (χ0) is 14.1. The summed E-state index contributed by atoms with van der Waals surface area (Å²) < 4.78 is 6.74. The average molecular weight is 269 g/mol. The number of methoxy groups -OCH3 is 1. The van der Waals surface area contributed by atoms with Gasteiger partial charge >= 0.3 is 0 Å². The molecule has 0 amide bonds. The third kappa shape index (κ3) is 1.87. The van der Waals surface area contributed by atoms with Gasteiger partial charge in [-0.15, -0.1) is 0 Å². The minimum Gasteiger partial charge on any atom is -0.496 e. The van der Waals surface area contributed by atoms with E-state index < -0.39 is 4.92 Å². The van der Waals surface area contributed by atoms with Gasteiger partial charge in [-0.25, -0.2) is 4.98 Å². The molecular formula is C14H11N3O3. The van der Waals surface area contributed by atoms with E-state index in [4.69, 9.17) is 4.74 Å². The van der Waals surface area contributed by atoms with E-state index in [2.05, 4.69) is 4.98 Å². The van der Waals surface area contributed by atoms with Crippen molar-refractivity contribution in [2.24, 2.45) is 0 Å². The summed E-state index contributed by atoms with van der Waals surface area (Å²) in [7, 11) is 1.48. The molecule has 1 heterocycles. The Labute approximate surface area is 114 Å². The molecule has 0 saturated carbocycles. The molecule has 3 rings (SSSR count). The molecule has 2 aromatic carbocycles. The number of rotatable bonds is 3. The van der Waals surface area contributed by atoms with Gasteiger partial charge in [0, 0.05) is 0 Å². The second-order valence-electron chi connectivity index (χ2n) is 4.22. The highest BCUT2D eigenvalue weighted by atomic mass is 16.6. The van der Waals surface area contributed by atoms with Crippen LogP contribution >= 0.6 is 0 Å². The van der Waals surface area contributed by atoms with Crippen LogP contribution in [0.1, 0.15) is 0 Å². The van der Waals surface area contributed by atoms with Crippen molar-refractivity contribution in [3.05, 3.63) is 58.9 Å². The van der Waals surface area contributed by atoms with Crippen molar-refractivity contribution in [1.82, 2.24) is 9.55 Å². The number of imidazole rings is 1. The summed E-state index contributed by atoms with van der Waals surface area (Å²) in [5.74, 6) is 0.449. The molecule has 0 saturated heterocycles. The fourth-order valence-corrected chi connectivity index (χ4v) is 2.13. The van der Waals surface area contributed by atoms with Gasteiger partial charge < -0.3 is 4.74 Å². The third-order valence-electron chi connectivity index (χ3n) is 3.09. The summed E-state index contributed by atoms with van der Waals surface area (Å²) in [5, 5.41) is 11.2. The van der Waals surface area contributed by atoms with Gasteiger partial charge in [-0.1, -0.05) is 12.1 Å². The topological polar surface area (TPSA) is 70.2 Å². The highest BCUT2D eigenvalue weighted by molar-refractivity contribution is 5.78. The van der Waals surface area contributed by atoms with E-state index in [0.29, 0.717) is 11.4 Å². The van der Waals surface area contributed by atoms with Gasteiger partial charge in [-0.2, -0.15) is 0 Å². The molecule has 6 nitrogen and oxygen atoms in total. The van der Waals surface area contributed by atoms with Gasteiger partial charge in [0.25, 0.3) is 5.69 Å². The highest BCUT2D eigenvalue weighted by Gasteiger charge is 2.18. The molecule has 20 heavy (non-hydrogen) atoms. The van der Waals surface area contributed by atoms with Crippen molar-refractivity contribution >= 4 is 16.7 Å². The number of hydrogen-bond acceptors (Lipinski definition) is 4. The smallest absolute Gasteiger partial charge is 0.296 e. The van der Waals surface area contributed by atoms with Gasteiger partial charge in [0.1, 0.15) is 17.8 Å². The van der Waals surface area contributed by atoms with Crippen LogP contribution in [0.15, 0.2) is 48.8 Å². The third-order valence-corrected chi connectivity index (χ3v) is 3.09. The lowest BCUT2D eigenvalue weighted by Crippen LogP contribution is -1.99. The van der Waals surface area contributed by atoms with Gasteiger partial charge in [0.05, 0.1) is 29.1 Å². The van der Waals surface area contributed by atoms with Gasteiger partial charge in [0.15, 0.2) is 0 Å². The summed E-state index contributed by atoms with van der Waals surface area (Å²) in [6, 6.07) is 12.2. The molecule has 0 unspecified atom stereocenters. The quantitative estimate of drug-likeness (QED) is 0.541. The lowest BCUT2D eigenvalue weighted by atomic mass is 10.2. The van der Waals surface area contributed by atoms with Crippen molar-refractivity contribution < 1.29 is 9.66 Å². The molecule has 3 aromatic rings. The fourth-order valence-electron chi connectivity index (χ4n) is 2.13. The van der Waals surface area contributed by atoms with E-state index in [9.17, 15) is 10.1 Å². The van der Waals surface area contributed by atoms with Crippen LogP contribution in [0.2, 0.25) is 0 Å². The molecule has 0 radical (unpaired) electrons. The maximum absolute atomic E-state index is 11.2. The Hall–Kier alpha value is -2.89. The number of fused-ring (bicyclic) bond motifs is 1. The molecule has 100 valence electrons. The SMILES string of the molecule is COc1ccc(-n2cnc3ccccc32)c([N+](=O)[O-])c1. The van der Waals surface area contributed by atoms with E-state index in [1.807, 2.05) is 24.3 Å². The Morgan fingerprint density at radius 2 is 2.05 bits per heavy atom.